The SMILES string of the molecule is COc1cc(C)cc(C)c1CNCCO. The second kappa shape index (κ2) is 5.73. The zero-order valence-corrected chi connectivity index (χ0v) is 9.63. The summed E-state index contributed by atoms with van der Waals surface area (Å²) in [6, 6.07) is 4.17. The van der Waals surface area contributed by atoms with Crippen molar-refractivity contribution in [1.29, 1.82) is 0 Å². The summed E-state index contributed by atoms with van der Waals surface area (Å²) in [5, 5.41) is 11.8. The molecule has 0 atom stereocenters. The highest BCUT2D eigenvalue weighted by molar-refractivity contribution is 5.42. The van der Waals surface area contributed by atoms with Crippen molar-refractivity contribution in [3.05, 3.63) is 28.8 Å². The van der Waals surface area contributed by atoms with Gasteiger partial charge in [0.1, 0.15) is 5.75 Å². The van der Waals surface area contributed by atoms with Gasteiger partial charge in [0, 0.05) is 18.7 Å². The van der Waals surface area contributed by atoms with Crippen LogP contribution in [0.25, 0.3) is 0 Å². The van der Waals surface area contributed by atoms with Crippen molar-refractivity contribution >= 4 is 0 Å². The maximum Gasteiger partial charge on any atom is 0.123 e. The molecule has 0 spiro atoms. The van der Waals surface area contributed by atoms with Crippen LogP contribution in [0.4, 0.5) is 0 Å². The summed E-state index contributed by atoms with van der Waals surface area (Å²) < 4.78 is 5.34. The van der Waals surface area contributed by atoms with E-state index in [0.717, 1.165) is 17.9 Å². The van der Waals surface area contributed by atoms with Gasteiger partial charge in [-0.2, -0.15) is 0 Å². The minimum atomic E-state index is 0.160. The Morgan fingerprint density at radius 2 is 2.07 bits per heavy atom. The van der Waals surface area contributed by atoms with Crippen LogP contribution in [0.2, 0.25) is 0 Å². The van der Waals surface area contributed by atoms with Crippen LogP contribution < -0.4 is 10.1 Å². The molecular weight excluding hydrogens is 190 g/mol. The van der Waals surface area contributed by atoms with Crippen LogP contribution in [0.3, 0.4) is 0 Å². The first-order valence-corrected chi connectivity index (χ1v) is 5.14. The predicted octanol–water partition coefficient (Wildman–Crippen LogP) is 1.39. The minimum absolute atomic E-state index is 0.160. The molecule has 0 radical (unpaired) electrons. The fourth-order valence-corrected chi connectivity index (χ4v) is 1.66. The molecule has 0 aliphatic carbocycles. The Labute approximate surface area is 91.1 Å². The van der Waals surface area contributed by atoms with Gasteiger partial charge in [0.2, 0.25) is 0 Å². The molecule has 0 heterocycles. The summed E-state index contributed by atoms with van der Waals surface area (Å²) in [6.45, 7) is 5.63. The van der Waals surface area contributed by atoms with Crippen molar-refractivity contribution in [2.24, 2.45) is 0 Å². The highest BCUT2D eigenvalue weighted by Crippen LogP contribution is 2.23. The van der Waals surface area contributed by atoms with E-state index in [1.54, 1.807) is 7.11 Å². The van der Waals surface area contributed by atoms with Gasteiger partial charge in [-0.15, -0.1) is 0 Å². The first kappa shape index (κ1) is 12.0. The number of aliphatic hydroxyl groups is 1. The molecule has 0 amide bonds. The normalized spacial score (nSPS) is 10.4. The third kappa shape index (κ3) is 3.22. The summed E-state index contributed by atoms with van der Waals surface area (Å²) >= 11 is 0. The van der Waals surface area contributed by atoms with Gasteiger partial charge in [-0.1, -0.05) is 6.07 Å². The maximum absolute atomic E-state index is 8.69. The van der Waals surface area contributed by atoms with E-state index < -0.39 is 0 Å². The van der Waals surface area contributed by atoms with Gasteiger partial charge in [0.25, 0.3) is 0 Å². The van der Waals surface area contributed by atoms with Crippen LogP contribution in [0.5, 0.6) is 5.75 Å². The first-order valence-electron chi connectivity index (χ1n) is 5.14. The summed E-state index contributed by atoms with van der Waals surface area (Å²) in [5.41, 5.74) is 3.59. The molecule has 3 heteroatoms. The zero-order valence-electron chi connectivity index (χ0n) is 9.63. The van der Waals surface area contributed by atoms with Gasteiger partial charge in [-0.05, 0) is 31.0 Å². The first-order chi connectivity index (χ1) is 7.19. The molecule has 15 heavy (non-hydrogen) atoms. The summed E-state index contributed by atoms with van der Waals surface area (Å²) in [7, 11) is 1.68. The number of nitrogens with one attached hydrogen (secondary N) is 1. The van der Waals surface area contributed by atoms with Gasteiger partial charge in [0.15, 0.2) is 0 Å². The molecule has 0 saturated carbocycles. The molecule has 0 fully saturated rings. The van der Waals surface area contributed by atoms with Crippen LogP contribution in [-0.2, 0) is 6.54 Å². The van der Waals surface area contributed by atoms with E-state index in [-0.39, 0.29) is 6.61 Å². The molecular formula is C12H19NO2. The van der Waals surface area contributed by atoms with Crippen LogP contribution in [0.1, 0.15) is 16.7 Å². The van der Waals surface area contributed by atoms with Crippen molar-refractivity contribution in [1.82, 2.24) is 5.32 Å². The van der Waals surface area contributed by atoms with E-state index in [1.165, 1.54) is 11.1 Å². The molecule has 1 aromatic rings. The van der Waals surface area contributed by atoms with E-state index in [1.807, 2.05) is 6.07 Å². The summed E-state index contributed by atoms with van der Waals surface area (Å²) in [4.78, 5) is 0. The van der Waals surface area contributed by atoms with Gasteiger partial charge in [0.05, 0.1) is 13.7 Å². The lowest BCUT2D eigenvalue weighted by molar-refractivity contribution is 0.291. The van der Waals surface area contributed by atoms with Crippen molar-refractivity contribution in [2.75, 3.05) is 20.3 Å². The Bertz CT molecular complexity index is 324. The third-order valence-electron chi connectivity index (χ3n) is 2.39. The molecule has 0 bridgehead atoms. The highest BCUT2D eigenvalue weighted by atomic mass is 16.5. The van der Waals surface area contributed by atoms with E-state index in [2.05, 4.69) is 25.2 Å². The highest BCUT2D eigenvalue weighted by Gasteiger charge is 2.06. The van der Waals surface area contributed by atoms with Crippen LogP contribution in [0.15, 0.2) is 12.1 Å². The molecule has 84 valence electrons. The Morgan fingerprint density at radius 3 is 2.67 bits per heavy atom. The Kier molecular flexibility index (Phi) is 4.59. The molecule has 0 aromatic heterocycles. The summed E-state index contributed by atoms with van der Waals surface area (Å²) in [5.74, 6) is 0.915. The van der Waals surface area contributed by atoms with E-state index in [9.17, 15) is 0 Å². The quantitative estimate of drug-likeness (QED) is 0.720. The van der Waals surface area contributed by atoms with Crippen LogP contribution in [0, 0.1) is 13.8 Å². The summed E-state index contributed by atoms with van der Waals surface area (Å²) in [6.07, 6.45) is 0. The van der Waals surface area contributed by atoms with Gasteiger partial charge < -0.3 is 15.2 Å². The number of benzene rings is 1. The molecule has 1 aromatic carbocycles. The second-order valence-corrected chi connectivity index (χ2v) is 3.66. The lowest BCUT2D eigenvalue weighted by Gasteiger charge is -2.13. The van der Waals surface area contributed by atoms with Gasteiger partial charge in [-0.3, -0.25) is 0 Å². The number of aliphatic hydroxyl groups excluding tert-OH is 1. The van der Waals surface area contributed by atoms with Crippen LogP contribution >= 0.6 is 0 Å². The molecule has 1 rings (SSSR count). The molecule has 0 aliphatic rings. The Morgan fingerprint density at radius 1 is 1.33 bits per heavy atom. The van der Waals surface area contributed by atoms with E-state index in [4.69, 9.17) is 9.84 Å². The maximum atomic E-state index is 8.69. The minimum Gasteiger partial charge on any atom is -0.496 e. The Balaban J connectivity index is 2.84. The number of methoxy groups -OCH3 is 1. The average molecular weight is 209 g/mol. The number of aryl methyl sites for hydroxylation is 2. The van der Waals surface area contributed by atoms with E-state index in [0.29, 0.717) is 6.54 Å². The molecule has 0 saturated heterocycles. The monoisotopic (exact) mass is 209 g/mol. The lowest BCUT2D eigenvalue weighted by atomic mass is 10.0. The smallest absolute Gasteiger partial charge is 0.123 e. The third-order valence-corrected chi connectivity index (χ3v) is 2.39. The molecule has 3 nitrogen and oxygen atoms in total. The van der Waals surface area contributed by atoms with Gasteiger partial charge >= 0.3 is 0 Å². The average Bonchev–Trinajstić information content (AvgIpc) is 2.20. The van der Waals surface area contributed by atoms with Crippen molar-refractivity contribution in [2.45, 2.75) is 20.4 Å². The largest absolute Gasteiger partial charge is 0.496 e. The van der Waals surface area contributed by atoms with Crippen LogP contribution in [-0.4, -0.2) is 25.4 Å². The zero-order chi connectivity index (χ0) is 11.3. The van der Waals surface area contributed by atoms with E-state index >= 15 is 0 Å². The predicted molar refractivity (Wildman–Crippen MR) is 61.3 cm³/mol. The fraction of sp³-hybridized carbons (Fsp3) is 0.500. The number of ether oxygens (including phenoxy) is 1. The van der Waals surface area contributed by atoms with Crippen molar-refractivity contribution in [3.63, 3.8) is 0 Å². The number of hydrogen-bond donors (Lipinski definition) is 2. The van der Waals surface area contributed by atoms with Crippen molar-refractivity contribution < 1.29 is 9.84 Å². The standard InChI is InChI=1S/C12H19NO2/c1-9-6-10(2)11(8-13-4-5-14)12(7-9)15-3/h6-7,13-14H,4-5,8H2,1-3H3. The molecule has 2 N–H and O–H groups in total. The number of rotatable bonds is 5. The lowest BCUT2D eigenvalue weighted by Crippen LogP contribution is -2.18. The molecule has 0 unspecified atom stereocenters. The topological polar surface area (TPSA) is 41.5 Å². The number of hydrogen-bond acceptors (Lipinski definition) is 3. The Hall–Kier alpha value is -1.06. The molecule has 0 aliphatic heterocycles. The van der Waals surface area contributed by atoms with Gasteiger partial charge in [-0.25, -0.2) is 0 Å². The second-order valence-electron chi connectivity index (χ2n) is 3.66. The fourth-order valence-electron chi connectivity index (χ4n) is 1.66. The van der Waals surface area contributed by atoms with Crippen molar-refractivity contribution in [3.8, 4) is 5.75 Å².